The fraction of sp³-hybridized carbons (Fsp3) is 0.333. The van der Waals surface area contributed by atoms with Crippen LogP contribution in [0.4, 0.5) is 10.5 Å². The number of carbonyl (C=O) groups excluding carboxylic acids is 1. The predicted molar refractivity (Wildman–Crippen MR) is 80.4 cm³/mol. The van der Waals surface area contributed by atoms with Crippen LogP contribution in [-0.4, -0.2) is 28.8 Å². The maximum Gasteiger partial charge on any atom is 0.330 e. The van der Waals surface area contributed by atoms with E-state index in [2.05, 4.69) is 17.2 Å². The third-order valence-corrected chi connectivity index (χ3v) is 2.87. The summed E-state index contributed by atoms with van der Waals surface area (Å²) in [5.41, 5.74) is 0.816. The number of hydrogen-bond acceptors (Lipinski definition) is 3. The fourth-order valence-corrected chi connectivity index (χ4v) is 1.67. The highest BCUT2D eigenvalue weighted by atomic mass is 16.4. The Morgan fingerprint density at radius 2 is 1.76 bits per heavy atom. The molecule has 0 heterocycles. The van der Waals surface area contributed by atoms with Crippen molar-refractivity contribution in [1.82, 2.24) is 5.32 Å². The first-order valence-corrected chi connectivity index (χ1v) is 6.74. The van der Waals surface area contributed by atoms with Crippen molar-refractivity contribution in [3.63, 3.8) is 0 Å². The second-order valence-corrected chi connectivity index (χ2v) is 4.65. The number of phenolic OH excluding ortho intramolecular Hbond substituents is 1. The summed E-state index contributed by atoms with van der Waals surface area (Å²) in [5.74, 6) is -0.815. The summed E-state index contributed by atoms with van der Waals surface area (Å²) in [5, 5.41) is 23.1. The Balaban J connectivity index is 2.10. The largest absolute Gasteiger partial charge is 0.508 e. The Kier molecular flexibility index (Phi) is 6.80. The molecule has 6 heteroatoms. The molecule has 2 amide bonds. The quantitative estimate of drug-likeness (QED) is 0.336. The summed E-state index contributed by atoms with van der Waals surface area (Å²) >= 11 is 0. The standard InChI is InChI=1S/C15H20N2O4/c1-11(14(19)20)5-3-2-4-10-16-15(21)17-12-6-8-13(18)9-7-12/h6-9,18H,1-5,10H2,(H,19,20)(H2,16,17,21). The predicted octanol–water partition coefficient (Wildman–Crippen LogP) is 2.71. The molecule has 1 aromatic carbocycles. The lowest BCUT2D eigenvalue weighted by molar-refractivity contribution is -0.132. The number of aliphatic carboxylic acids is 1. The molecule has 21 heavy (non-hydrogen) atoms. The van der Waals surface area contributed by atoms with Gasteiger partial charge >= 0.3 is 12.0 Å². The molecule has 0 saturated carbocycles. The van der Waals surface area contributed by atoms with E-state index in [9.17, 15) is 9.59 Å². The van der Waals surface area contributed by atoms with Crippen molar-refractivity contribution in [3.8, 4) is 5.75 Å². The average Bonchev–Trinajstić information content (AvgIpc) is 2.44. The van der Waals surface area contributed by atoms with E-state index in [1.54, 1.807) is 12.1 Å². The lowest BCUT2D eigenvalue weighted by Crippen LogP contribution is -2.29. The van der Waals surface area contributed by atoms with E-state index < -0.39 is 5.97 Å². The van der Waals surface area contributed by atoms with Gasteiger partial charge in [0.25, 0.3) is 0 Å². The Labute approximate surface area is 123 Å². The lowest BCUT2D eigenvalue weighted by atomic mass is 10.1. The molecule has 0 spiro atoms. The van der Waals surface area contributed by atoms with Crippen LogP contribution >= 0.6 is 0 Å². The van der Waals surface area contributed by atoms with E-state index in [1.807, 2.05) is 0 Å². The van der Waals surface area contributed by atoms with Gasteiger partial charge in [0.15, 0.2) is 0 Å². The molecule has 6 nitrogen and oxygen atoms in total. The van der Waals surface area contributed by atoms with Gasteiger partial charge in [-0.3, -0.25) is 0 Å². The maximum atomic E-state index is 11.6. The summed E-state index contributed by atoms with van der Waals surface area (Å²) in [6.45, 7) is 3.97. The van der Waals surface area contributed by atoms with Gasteiger partial charge in [0.1, 0.15) is 5.75 Å². The molecule has 0 unspecified atom stereocenters. The summed E-state index contributed by atoms with van der Waals surface area (Å²) in [6, 6.07) is 5.88. The molecule has 1 aromatic rings. The number of nitrogens with one attached hydrogen (secondary N) is 2. The number of aromatic hydroxyl groups is 1. The van der Waals surface area contributed by atoms with Gasteiger partial charge in [-0.05, 0) is 43.5 Å². The molecule has 0 aliphatic heterocycles. The zero-order chi connectivity index (χ0) is 15.7. The summed E-state index contributed by atoms with van der Waals surface area (Å²) in [7, 11) is 0. The number of unbranched alkanes of at least 4 members (excludes halogenated alkanes) is 2. The molecule has 0 bridgehead atoms. The minimum Gasteiger partial charge on any atom is -0.508 e. The Morgan fingerprint density at radius 1 is 1.10 bits per heavy atom. The van der Waals surface area contributed by atoms with Crippen LogP contribution in [0.2, 0.25) is 0 Å². The van der Waals surface area contributed by atoms with Gasteiger partial charge in [0.05, 0.1) is 0 Å². The first kappa shape index (κ1) is 16.6. The number of benzene rings is 1. The number of hydrogen-bond donors (Lipinski definition) is 4. The Hall–Kier alpha value is -2.50. The van der Waals surface area contributed by atoms with Crippen molar-refractivity contribution in [2.24, 2.45) is 0 Å². The van der Waals surface area contributed by atoms with Crippen molar-refractivity contribution in [1.29, 1.82) is 0 Å². The van der Waals surface area contributed by atoms with Crippen molar-refractivity contribution in [3.05, 3.63) is 36.4 Å². The summed E-state index contributed by atoms with van der Waals surface area (Å²) in [6.07, 6.45) is 2.81. The van der Waals surface area contributed by atoms with Crippen LogP contribution in [0.3, 0.4) is 0 Å². The lowest BCUT2D eigenvalue weighted by Gasteiger charge is -2.07. The van der Waals surface area contributed by atoms with Gasteiger partial charge in [-0.1, -0.05) is 13.0 Å². The first-order chi connectivity index (χ1) is 9.99. The SMILES string of the molecule is C=C(CCCCCNC(=O)Nc1ccc(O)cc1)C(=O)O. The van der Waals surface area contributed by atoms with Gasteiger partial charge < -0.3 is 20.8 Å². The van der Waals surface area contributed by atoms with Gasteiger partial charge in [-0.2, -0.15) is 0 Å². The number of urea groups is 1. The Bertz CT molecular complexity index is 497. The van der Waals surface area contributed by atoms with E-state index in [-0.39, 0.29) is 17.4 Å². The molecular formula is C15H20N2O4. The van der Waals surface area contributed by atoms with Crippen LogP contribution in [0.15, 0.2) is 36.4 Å². The third kappa shape index (κ3) is 7.00. The number of carbonyl (C=O) groups is 2. The van der Waals surface area contributed by atoms with E-state index in [0.29, 0.717) is 18.7 Å². The van der Waals surface area contributed by atoms with Gasteiger partial charge in [-0.15, -0.1) is 0 Å². The molecule has 114 valence electrons. The monoisotopic (exact) mass is 292 g/mol. The fourth-order valence-electron chi connectivity index (χ4n) is 1.67. The van der Waals surface area contributed by atoms with Crippen LogP contribution in [0.5, 0.6) is 5.75 Å². The van der Waals surface area contributed by atoms with Crippen molar-refractivity contribution in [2.75, 3.05) is 11.9 Å². The Morgan fingerprint density at radius 3 is 2.38 bits per heavy atom. The normalized spacial score (nSPS) is 9.90. The van der Waals surface area contributed by atoms with Gasteiger partial charge in [0, 0.05) is 17.8 Å². The molecular weight excluding hydrogens is 272 g/mol. The molecule has 0 saturated heterocycles. The molecule has 0 fully saturated rings. The number of anilines is 1. The minimum absolute atomic E-state index is 0.143. The zero-order valence-corrected chi connectivity index (χ0v) is 11.8. The average molecular weight is 292 g/mol. The van der Waals surface area contributed by atoms with Crippen molar-refractivity contribution < 1.29 is 19.8 Å². The highest BCUT2D eigenvalue weighted by molar-refractivity contribution is 5.89. The van der Waals surface area contributed by atoms with Crippen LogP contribution in [0, 0.1) is 0 Å². The number of rotatable bonds is 8. The van der Waals surface area contributed by atoms with Crippen LogP contribution in [0.25, 0.3) is 0 Å². The highest BCUT2D eigenvalue weighted by Crippen LogP contribution is 2.13. The molecule has 0 aliphatic carbocycles. The van der Waals surface area contributed by atoms with E-state index in [4.69, 9.17) is 10.2 Å². The van der Waals surface area contributed by atoms with Crippen molar-refractivity contribution in [2.45, 2.75) is 25.7 Å². The molecule has 0 radical (unpaired) electrons. The third-order valence-electron chi connectivity index (χ3n) is 2.87. The maximum absolute atomic E-state index is 11.6. The van der Waals surface area contributed by atoms with E-state index in [1.165, 1.54) is 12.1 Å². The van der Waals surface area contributed by atoms with Crippen LogP contribution < -0.4 is 10.6 Å². The zero-order valence-electron chi connectivity index (χ0n) is 11.8. The summed E-state index contributed by atoms with van der Waals surface area (Å²) in [4.78, 5) is 22.1. The topological polar surface area (TPSA) is 98.7 Å². The number of carboxylic acids is 1. The first-order valence-electron chi connectivity index (χ1n) is 6.74. The van der Waals surface area contributed by atoms with Gasteiger partial charge in [-0.25, -0.2) is 9.59 Å². The van der Waals surface area contributed by atoms with Crippen LogP contribution in [-0.2, 0) is 4.79 Å². The van der Waals surface area contributed by atoms with E-state index in [0.717, 1.165) is 19.3 Å². The molecule has 4 N–H and O–H groups in total. The second kappa shape index (κ2) is 8.63. The number of amides is 2. The molecule has 0 aliphatic rings. The number of phenols is 1. The molecule has 0 atom stereocenters. The number of carboxylic acid groups (broad SMARTS) is 1. The van der Waals surface area contributed by atoms with Crippen LogP contribution in [0.1, 0.15) is 25.7 Å². The van der Waals surface area contributed by atoms with E-state index >= 15 is 0 Å². The summed E-state index contributed by atoms with van der Waals surface area (Å²) < 4.78 is 0. The second-order valence-electron chi connectivity index (χ2n) is 4.65. The molecule has 1 rings (SSSR count). The van der Waals surface area contributed by atoms with Gasteiger partial charge in [0.2, 0.25) is 0 Å². The minimum atomic E-state index is -0.957. The molecule has 0 aromatic heterocycles. The van der Waals surface area contributed by atoms with Crippen molar-refractivity contribution >= 4 is 17.7 Å². The smallest absolute Gasteiger partial charge is 0.330 e. The highest BCUT2D eigenvalue weighted by Gasteiger charge is 2.03.